The van der Waals surface area contributed by atoms with Crippen LogP contribution in [0.5, 0.6) is 0 Å². The predicted octanol–water partition coefficient (Wildman–Crippen LogP) is 8.59. The van der Waals surface area contributed by atoms with Gasteiger partial charge in [0.25, 0.3) is 0 Å². The van der Waals surface area contributed by atoms with Crippen LogP contribution in [0.1, 0.15) is 169 Å². The minimum absolute atomic E-state index is 0.0522. The van der Waals surface area contributed by atoms with Crippen molar-refractivity contribution in [3.8, 4) is 0 Å². The SMILES string of the molecule is CCCCCCCCCCCCCCCCCCCCCC(=O)N[C@@H](CCC(=O)OC(C)(C)C)C(=O)OC. The topological polar surface area (TPSA) is 81.7 Å². The van der Waals surface area contributed by atoms with Crippen molar-refractivity contribution >= 4 is 17.8 Å². The average Bonchev–Trinajstić information content (AvgIpc) is 2.86. The molecule has 38 heavy (non-hydrogen) atoms. The molecule has 0 aromatic heterocycles. The van der Waals surface area contributed by atoms with Gasteiger partial charge in [0.05, 0.1) is 7.11 Å². The Bertz CT molecular complexity index is 599. The van der Waals surface area contributed by atoms with E-state index in [2.05, 4.69) is 12.2 Å². The molecule has 0 heterocycles. The minimum Gasteiger partial charge on any atom is -0.467 e. The number of ether oxygens (including phenoxy) is 2. The highest BCUT2D eigenvalue weighted by molar-refractivity contribution is 5.84. The van der Waals surface area contributed by atoms with Gasteiger partial charge in [0.2, 0.25) is 5.91 Å². The zero-order chi connectivity index (χ0) is 28.5. The Balaban J connectivity index is 3.65. The molecule has 0 saturated carbocycles. The number of nitrogens with one attached hydrogen (secondary N) is 1. The van der Waals surface area contributed by atoms with E-state index in [1.165, 1.54) is 110 Å². The monoisotopic (exact) mass is 539 g/mol. The van der Waals surface area contributed by atoms with Gasteiger partial charge >= 0.3 is 11.9 Å². The molecule has 6 nitrogen and oxygen atoms in total. The van der Waals surface area contributed by atoms with E-state index in [4.69, 9.17) is 9.47 Å². The first-order valence-corrected chi connectivity index (χ1v) is 15.8. The first-order chi connectivity index (χ1) is 18.2. The van der Waals surface area contributed by atoms with Crippen LogP contribution in [0.25, 0.3) is 0 Å². The highest BCUT2D eigenvalue weighted by Crippen LogP contribution is 2.15. The van der Waals surface area contributed by atoms with Crippen molar-refractivity contribution in [2.45, 2.75) is 181 Å². The van der Waals surface area contributed by atoms with Gasteiger partial charge in [0.15, 0.2) is 0 Å². The number of carbonyl (C=O) groups excluding carboxylic acids is 3. The molecule has 0 aliphatic carbocycles. The lowest BCUT2D eigenvalue weighted by molar-refractivity contribution is -0.155. The molecule has 0 unspecified atom stereocenters. The summed E-state index contributed by atoms with van der Waals surface area (Å²) in [5.74, 6) is -1.09. The second kappa shape index (κ2) is 24.5. The quantitative estimate of drug-likeness (QED) is 0.0928. The Morgan fingerprint density at radius 3 is 1.39 bits per heavy atom. The third kappa shape index (κ3) is 24.7. The number of unbranched alkanes of at least 4 members (excludes halogenated alkanes) is 18. The normalized spacial score (nSPS) is 12.2. The fraction of sp³-hybridized carbons (Fsp3) is 0.906. The van der Waals surface area contributed by atoms with Gasteiger partial charge in [-0.1, -0.05) is 122 Å². The Labute approximate surface area is 234 Å². The summed E-state index contributed by atoms with van der Waals surface area (Å²) in [6.07, 6.45) is 25.6. The zero-order valence-corrected chi connectivity index (χ0v) is 25.7. The molecule has 0 rings (SSSR count). The summed E-state index contributed by atoms with van der Waals surface area (Å²) in [5.41, 5.74) is -0.576. The Hall–Kier alpha value is -1.59. The molecule has 1 atom stereocenters. The van der Waals surface area contributed by atoms with Gasteiger partial charge in [-0.25, -0.2) is 4.79 Å². The van der Waals surface area contributed by atoms with Gasteiger partial charge in [-0.05, 0) is 33.6 Å². The lowest BCUT2D eigenvalue weighted by atomic mass is 10.0. The maximum atomic E-state index is 12.3. The van der Waals surface area contributed by atoms with E-state index in [0.717, 1.165) is 19.3 Å². The summed E-state index contributed by atoms with van der Waals surface area (Å²) in [7, 11) is 1.28. The second-order valence-electron chi connectivity index (χ2n) is 11.9. The van der Waals surface area contributed by atoms with Crippen LogP contribution in [0.2, 0.25) is 0 Å². The van der Waals surface area contributed by atoms with Crippen molar-refractivity contribution in [3.05, 3.63) is 0 Å². The maximum absolute atomic E-state index is 12.3. The van der Waals surface area contributed by atoms with E-state index in [9.17, 15) is 14.4 Å². The van der Waals surface area contributed by atoms with E-state index in [1.54, 1.807) is 20.8 Å². The number of esters is 2. The lowest BCUT2D eigenvalue weighted by Gasteiger charge is -2.21. The van der Waals surface area contributed by atoms with E-state index < -0.39 is 17.6 Å². The van der Waals surface area contributed by atoms with Gasteiger partial charge in [-0.15, -0.1) is 0 Å². The zero-order valence-electron chi connectivity index (χ0n) is 25.7. The standard InChI is InChI=1S/C32H61NO5/c1-6-7-8-9-10-11-12-13-14-15-16-17-18-19-20-21-22-23-24-25-29(34)33-28(31(36)37-5)26-27-30(35)38-32(2,3)4/h28H,6-27H2,1-5H3,(H,33,34)/t28-/m0/s1. The van der Waals surface area contributed by atoms with Gasteiger partial charge in [-0.2, -0.15) is 0 Å². The molecule has 6 heteroatoms. The van der Waals surface area contributed by atoms with Crippen LogP contribution in [0, 0.1) is 0 Å². The summed E-state index contributed by atoms with van der Waals surface area (Å²) < 4.78 is 10.1. The molecule has 224 valence electrons. The highest BCUT2D eigenvalue weighted by atomic mass is 16.6. The molecule has 0 aliphatic rings. The van der Waals surface area contributed by atoms with Crippen molar-refractivity contribution in [1.82, 2.24) is 5.32 Å². The molecule has 0 aromatic rings. The van der Waals surface area contributed by atoms with Gasteiger partial charge in [0, 0.05) is 12.8 Å². The third-order valence-electron chi connectivity index (χ3n) is 6.89. The number of methoxy groups -OCH3 is 1. The molecular weight excluding hydrogens is 478 g/mol. The number of amides is 1. The molecule has 1 amide bonds. The van der Waals surface area contributed by atoms with Crippen LogP contribution in [-0.2, 0) is 23.9 Å². The Morgan fingerprint density at radius 1 is 0.632 bits per heavy atom. The number of hydrogen-bond acceptors (Lipinski definition) is 5. The van der Waals surface area contributed by atoms with E-state index in [-0.39, 0.29) is 24.7 Å². The number of rotatable bonds is 25. The summed E-state index contributed by atoms with van der Waals surface area (Å²) >= 11 is 0. The molecule has 0 radical (unpaired) electrons. The largest absolute Gasteiger partial charge is 0.467 e. The van der Waals surface area contributed by atoms with Crippen molar-refractivity contribution in [2.24, 2.45) is 0 Å². The second-order valence-corrected chi connectivity index (χ2v) is 11.9. The van der Waals surface area contributed by atoms with Crippen LogP contribution in [0.4, 0.5) is 0 Å². The van der Waals surface area contributed by atoms with Crippen LogP contribution in [-0.4, -0.2) is 36.6 Å². The lowest BCUT2D eigenvalue weighted by Crippen LogP contribution is -2.42. The predicted molar refractivity (Wildman–Crippen MR) is 157 cm³/mol. The Morgan fingerprint density at radius 2 is 1.03 bits per heavy atom. The number of carbonyl (C=O) groups is 3. The summed E-state index contributed by atoms with van der Waals surface area (Å²) in [5, 5.41) is 2.72. The van der Waals surface area contributed by atoms with Gasteiger partial charge < -0.3 is 14.8 Å². The van der Waals surface area contributed by atoms with Crippen molar-refractivity contribution < 1.29 is 23.9 Å². The van der Waals surface area contributed by atoms with E-state index in [1.807, 2.05) is 0 Å². The molecule has 0 spiro atoms. The molecular formula is C32H61NO5. The van der Waals surface area contributed by atoms with Crippen LogP contribution >= 0.6 is 0 Å². The fourth-order valence-corrected chi connectivity index (χ4v) is 4.68. The molecule has 0 bridgehead atoms. The van der Waals surface area contributed by atoms with E-state index in [0.29, 0.717) is 6.42 Å². The van der Waals surface area contributed by atoms with Crippen molar-refractivity contribution in [2.75, 3.05) is 7.11 Å². The van der Waals surface area contributed by atoms with Crippen molar-refractivity contribution in [1.29, 1.82) is 0 Å². The van der Waals surface area contributed by atoms with Crippen LogP contribution in [0.15, 0.2) is 0 Å². The summed E-state index contributed by atoms with van der Waals surface area (Å²) in [4.78, 5) is 36.2. The maximum Gasteiger partial charge on any atom is 0.328 e. The van der Waals surface area contributed by atoms with Crippen LogP contribution in [0.3, 0.4) is 0 Å². The average molecular weight is 540 g/mol. The molecule has 1 N–H and O–H groups in total. The summed E-state index contributed by atoms with van der Waals surface area (Å²) in [6, 6.07) is -0.819. The van der Waals surface area contributed by atoms with Gasteiger partial charge in [0.1, 0.15) is 11.6 Å². The number of hydrogen-bond donors (Lipinski definition) is 1. The molecule has 0 aliphatic heterocycles. The Kier molecular flexibility index (Phi) is 23.4. The first-order valence-electron chi connectivity index (χ1n) is 15.8. The minimum atomic E-state index is -0.819. The van der Waals surface area contributed by atoms with Gasteiger partial charge in [-0.3, -0.25) is 9.59 Å². The molecule has 0 saturated heterocycles. The summed E-state index contributed by atoms with van der Waals surface area (Å²) in [6.45, 7) is 7.66. The molecule has 0 fully saturated rings. The van der Waals surface area contributed by atoms with Crippen molar-refractivity contribution in [3.63, 3.8) is 0 Å². The third-order valence-corrected chi connectivity index (χ3v) is 6.89. The smallest absolute Gasteiger partial charge is 0.328 e. The fourth-order valence-electron chi connectivity index (χ4n) is 4.68. The first kappa shape index (κ1) is 36.4. The highest BCUT2D eigenvalue weighted by Gasteiger charge is 2.24. The molecule has 0 aromatic carbocycles. The van der Waals surface area contributed by atoms with Crippen LogP contribution < -0.4 is 5.32 Å². The van der Waals surface area contributed by atoms with E-state index >= 15 is 0 Å².